The molecule has 0 aromatic heterocycles. The van der Waals surface area contributed by atoms with Crippen molar-refractivity contribution in [1.29, 1.82) is 0 Å². The van der Waals surface area contributed by atoms with Crippen LogP contribution in [0.25, 0.3) is 0 Å². The molecule has 0 atom stereocenters. The maximum atomic E-state index is 10.4. The summed E-state index contributed by atoms with van der Waals surface area (Å²) < 4.78 is 5.31. The molecule has 2 rings (SSSR count). The Bertz CT molecular complexity index is 197. The van der Waals surface area contributed by atoms with Gasteiger partial charge in [0.2, 0.25) is 0 Å². The first-order chi connectivity index (χ1) is 7.18. The highest BCUT2D eigenvalue weighted by Crippen LogP contribution is 2.22. The summed E-state index contributed by atoms with van der Waals surface area (Å²) in [6, 6.07) is 0. The van der Waals surface area contributed by atoms with Crippen molar-refractivity contribution in [2.24, 2.45) is 0 Å². The molecule has 4 nitrogen and oxygen atoms in total. The highest BCUT2D eigenvalue weighted by Gasteiger charge is 2.33. The van der Waals surface area contributed by atoms with Gasteiger partial charge in [-0.2, -0.15) is 0 Å². The van der Waals surface area contributed by atoms with E-state index in [1.807, 2.05) is 0 Å². The van der Waals surface area contributed by atoms with Crippen molar-refractivity contribution in [1.82, 2.24) is 9.80 Å². The summed E-state index contributed by atoms with van der Waals surface area (Å²) >= 11 is 0. The van der Waals surface area contributed by atoms with Gasteiger partial charge in [-0.05, 0) is 19.9 Å². The van der Waals surface area contributed by atoms with Gasteiger partial charge in [0.15, 0.2) is 0 Å². The molecular weight excluding hydrogens is 192 g/mol. The molecule has 0 aromatic carbocycles. The van der Waals surface area contributed by atoms with Crippen molar-refractivity contribution >= 4 is 0 Å². The van der Waals surface area contributed by atoms with Gasteiger partial charge in [-0.15, -0.1) is 0 Å². The van der Waals surface area contributed by atoms with Crippen LogP contribution in [0.4, 0.5) is 0 Å². The van der Waals surface area contributed by atoms with Crippen molar-refractivity contribution in [2.45, 2.75) is 18.4 Å². The summed E-state index contributed by atoms with van der Waals surface area (Å²) in [5, 5.41) is 10.4. The normalized spacial score (nSPS) is 29.2. The van der Waals surface area contributed by atoms with Crippen LogP contribution in [0, 0.1) is 0 Å². The molecule has 4 heteroatoms. The number of aliphatic hydroxyl groups is 1. The minimum Gasteiger partial charge on any atom is -0.388 e. The fourth-order valence-electron chi connectivity index (χ4n) is 2.37. The lowest BCUT2D eigenvalue weighted by atomic mass is 9.91. The zero-order chi connectivity index (χ0) is 10.7. The number of β-amino-alcohol motifs (C(OH)–C–C–N with tert-alkyl or cyclic N) is 1. The average Bonchev–Trinajstić information content (AvgIpc) is 2.24. The topological polar surface area (TPSA) is 35.9 Å². The van der Waals surface area contributed by atoms with Crippen LogP contribution in [0.5, 0.6) is 0 Å². The summed E-state index contributed by atoms with van der Waals surface area (Å²) in [6.45, 7) is 6.42. The van der Waals surface area contributed by atoms with E-state index in [1.165, 1.54) is 0 Å². The molecule has 88 valence electrons. The van der Waals surface area contributed by atoms with Gasteiger partial charge in [-0.1, -0.05) is 0 Å². The lowest BCUT2D eigenvalue weighted by Gasteiger charge is -2.40. The van der Waals surface area contributed by atoms with E-state index in [0.717, 1.165) is 58.8 Å². The standard InChI is InChI=1S/C11H22N2O2/c1-12-4-2-11(14,3-5-12)10-13-6-8-15-9-7-13/h14H,2-10H2,1H3. The predicted octanol–water partition coefficient (Wildman–Crippen LogP) is -0.225. The van der Waals surface area contributed by atoms with Crippen molar-refractivity contribution in [3.05, 3.63) is 0 Å². The minimum atomic E-state index is -0.455. The molecule has 2 heterocycles. The summed E-state index contributed by atoms with van der Waals surface area (Å²) in [7, 11) is 2.12. The van der Waals surface area contributed by atoms with Crippen LogP contribution in [0.2, 0.25) is 0 Å². The quantitative estimate of drug-likeness (QED) is 0.689. The van der Waals surface area contributed by atoms with Crippen LogP contribution < -0.4 is 0 Å². The summed E-state index contributed by atoms with van der Waals surface area (Å²) in [5.41, 5.74) is -0.455. The molecule has 2 saturated heterocycles. The third kappa shape index (κ3) is 3.14. The molecule has 2 aliphatic rings. The Labute approximate surface area is 91.8 Å². The SMILES string of the molecule is CN1CCC(O)(CN2CCOCC2)CC1. The van der Waals surface area contributed by atoms with Gasteiger partial charge in [0.05, 0.1) is 18.8 Å². The number of rotatable bonds is 2. The Morgan fingerprint density at radius 2 is 1.73 bits per heavy atom. The largest absolute Gasteiger partial charge is 0.388 e. The number of piperidine rings is 1. The Morgan fingerprint density at radius 3 is 2.33 bits per heavy atom. The maximum Gasteiger partial charge on any atom is 0.0798 e. The van der Waals surface area contributed by atoms with E-state index in [9.17, 15) is 5.11 Å². The number of ether oxygens (including phenoxy) is 1. The van der Waals surface area contributed by atoms with Crippen molar-refractivity contribution in [2.75, 3.05) is 53.0 Å². The van der Waals surface area contributed by atoms with Crippen LogP contribution in [0.3, 0.4) is 0 Å². The second-order valence-corrected chi connectivity index (χ2v) is 4.92. The Balaban J connectivity index is 1.81. The number of likely N-dealkylation sites (tertiary alicyclic amines) is 1. The van der Waals surface area contributed by atoms with Crippen LogP contribution in [0.1, 0.15) is 12.8 Å². The molecule has 2 fully saturated rings. The lowest BCUT2D eigenvalue weighted by Crippen LogP contribution is -2.52. The maximum absolute atomic E-state index is 10.4. The smallest absolute Gasteiger partial charge is 0.0798 e. The molecule has 15 heavy (non-hydrogen) atoms. The number of morpholine rings is 1. The molecule has 0 unspecified atom stereocenters. The fourth-order valence-corrected chi connectivity index (χ4v) is 2.37. The van der Waals surface area contributed by atoms with Gasteiger partial charge >= 0.3 is 0 Å². The lowest BCUT2D eigenvalue weighted by molar-refractivity contribution is -0.0608. The molecule has 0 radical (unpaired) electrons. The summed E-state index contributed by atoms with van der Waals surface area (Å²) in [4.78, 5) is 4.61. The highest BCUT2D eigenvalue weighted by atomic mass is 16.5. The molecule has 0 bridgehead atoms. The zero-order valence-electron chi connectivity index (χ0n) is 9.61. The average molecular weight is 214 g/mol. The fraction of sp³-hybridized carbons (Fsp3) is 1.00. The molecule has 1 N–H and O–H groups in total. The molecule has 0 aromatic rings. The Hall–Kier alpha value is -0.160. The van der Waals surface area contributed by atoms with Crippen LogP contribution in [0.15, 0.2) is 0 Å². The highest BCUT2D eigenvalue weighted by molar-refractivity contribution is 4.88. The van der Waals surface area contributed by atoms with Gasteiger partial charge < -0.3 is 14.7 Å². The molecule has 2 aliphatic heterocycles. The second kappa shape index (κ2) is 4.78. The first-order valence-corrected chi connectivity index (χ1v) is 5.89. The first kappa shape index (κ1) is 11.3. The van der Waals surface area contributed by atoms with Gasteiger partial charge in [-0.25, -0.2) is 0 Å². The van der Waals surface area contributed by atoms with E-state index in [1.54, 1.807) is 0 Å². The molecule has 0 aliphatic carbocycles. The third-order valence-electron chi connectivity index (χ3n) is 3.54. The van der Waals surface area contributed by atoms with Crippen molar-refractivity contribution < 1.29 is 9.84 Å². The van der Waals surface area contributed by atoms with Crippen molar-refractivity contribution in [3.63, 3.8) is 0 Å². The third-order valence-corrected chi connectivity index (χ3v) is 3.54. The van der Waals surface area contributed by atoms with Crippen LogP contribution >= 0.6 is 0 Å². The van der Waals surface area contributed by atoms with Gasteiger partial charge in [0.25, 0.3) is 0 Å². The minimum absolute atomic E-state index is 0.455. The van der Waals surface area contributed by atoms with Crippen LogP contribution in [-0.2, 0) is 4.74 Å². The van der Waals surface area contributed by atoms with Gasteiger partial charge in [0.1, 0.15) is 0 Å². The van der Waals surface area contributed by atoms with E-state index < -0.39 is 5.60 Å². The van der Waals surface area contributed by atoms with E-state index in [2.05, 4.69) is 16.8 Å². The van der Waals surface area contributed by atoms with Crippen molar-refractivity contribution in [3.8, 4) is 0 Å². The predicted molar refractivity (Wildman–Crippen MR) is 58.9 cm³/mol. The van der Waals surface area contributed by atoms with E-state index in [0.29, 0.717) is 0 Å². The number of hydrogen-bond acceptors (Lipinski definition) is 4. The Kier molecular flexibility index (Phi) is 3.61. The van der Waals surface area contributed by atoms with E-state index in [-0.39, 0.29) is 0 Å². The summed E-state index contributed by atoms with van der Waals surface area (Å²) in [6.07, 6.45) is 1.81. The number of hydrogen-bond donors (Lipinski definition) is 1. The molecule has 0 spiro atoms. The van der Waals surface area contributed by atoms with Gasteiger partial charge in [-0.3, -0.25) is 4.90 Å². The van der Waals surface area contributed by atoms with Crippen LogP contribution in [-0.4, -0.2) is 73.5 Å². The molecular formula is C11H22N2O2. The molecule has 0 amide bonds. The molecule has 0 saturated carbocycles. The first-order valence-electron chi connectivity index (χ1n) is 5.89. The Morgan fingerprint density at radius 1 is 1.13 bits per heavy atom. The van der Waals surface area contributed by atoms with E-state index >= 15 is 0 Å². The summed E-state index contributed by atoms with van der Waals surface area (Å²) in [5.74, 6) is 0. The van der Waals surface area contributed by atoms with Gasteiger partial charge in [0, 0.05) is 32.7 Å². The zero-order valence-corrected chi connectivity index (χ0v) is 9.61. The van der Waals surface area contributed by atoms with E-state index in [4.69, 9.17) is 4.74 Å². The second-order valence-electron chi connectivity index (χ2n) is 4.92. The monoisotopic (exact) mass is 214 g/mol. The number of nitrogens with zero attached hydrogens (tertiary/aromatic N) is 2.